The molecule has 4 rings (SSSR count). The first-order chi connectivity index (χ1) is 14.4. The minimum atomic E-state index is -3.99. The van der Waals surface area contributed by atoms with Gasteiger partial charge in [-0.25, -0.2) is 16.8 Å². The lowest BCUT2D eigenvalue weighted by atomic mass is 10.0. The molecular weight excluding hydrogens is 427 g/mol. The molecule has 0 aliphatic rings. The SMILES string of the molecule is COc1ccc(S(=O)(=O)n2cc(Cl)c3cccc(-c4ccc(C#N)c(F)c4)c32)cc1. The molecule has 0 N–H and O–H groups in total. The Hall–Kier alpha value is -3.34. The second kappa shape index (κ2) is 7.48. The van der Waals surface area contributed by atoms with Gasteiger partial charge in [0.25, 0.3) is 10.0 Å². The summed E-state index contributed by atoms with van der Waals surface area (Å²) < 4.78 is 47.1. The van der Waals surface area contributed by atoms with Gasteiger partial charge in [0.1, 0.15) is 17.6 Å². The number of nitrogens with zero attached hydrogens (tertiary/aromatic N) is 2. The lowest BCUT2D eigenvalue weighted by Gasteiger charge is -2.12. The van der Waals surface area contributed by atoms with Crippen molar-refractivity contribution in [1.29, 1.82) is 5.26 Å². The lowest BCUT2D eigenvalue weighted by Crippen LogP contribution is -2.12. The summed E-state index contributed by atoms with van der Waals surface area (Å²) in [5, 5.41) is 9.73. The van der Waals surface area contributed by atoms with Crippen LogP contribution in [-0.2, 0) is 10.0 Å². The van der Waals surface area contributed by atoms with Crippen molar-refractivity contribution in [2.45, 2.75) is 4.90 Å². The van der Waals surface area contributed by atoms with E-state index in [0.717, 1.165) is 3.97 Å². The molecule has 1 aromatic heterocycles. The molecule has 0 atom stereocenters. The highest BCUT2D eigenvalue weighted by Crippen LogP contribution is 2.36. The van der Waals surface area contributed by atoms with Crippen molar-refractivity contribution in [1.82, 2.24) is 3.97 Å². The zero-order chi connectivity index (χ0) is 21.5. The highest BCUT2D eigenvalue weighted by Gasteiger charge is 2.23. The van der Waals surface area contributed by atoms with E-state index in [1.807, 2.05) is 0 Å². The van der Waals surface area contributed by atoms with Gasteiger partial charge in [-0.1, -0.05) is 35.9 Å². The fraction of sp³-hybridized carbons (Fsp3) is 0.0455. The largest absolute Gasteiger partial charge is 0.497 e. The van der Waals surface area contributed by atoms with Gasteiger partial charge in [-0.15, -0.1) is 0 Å². The Balaban J connectivity index is 1.98. The Morgan fingerprint density at radius 1 is 1.10 bits per heavy atom. The number of halogens is 2. The number of hydrogen-bond donors (Lipinski definition) is 0. The number of aromatic nitrogens is 1. The minimum Gasteiger partial charge on any atom is -0.497 e. The van der Waals surface area contributed by atoms with Gasteiger partial charge in [0.15, 0.2) is 0 Å². The number of benzene rings is 3. The molecule has 5 nitrogen and oxygen atoms in total. The molecule has 0 unspecified atom stereocenters. The van der Waals surface area contributed by atoms with Crippen molar-refractivity contribution in [2.75, 3.05) is 7.11 Å². The van der Waals surface area contributed by atoms with Gasteiger partial charge >= 0.3 is 0 Å². The summed E-state index contributed by atoms with van der Waals surface area (Å²) in [4.78, 5) is 0.0534. The Morgan fingerprint density at radius 3 is 2.47 bits per heavy atom. The van der Waals surface area contributed by atoms with E-state index in [2.05, 4.69) is 0 Å². The first-order valence-electron chi connectivity index (χ1n) is 8.76. The van der Waals surface area contributed by atoms with E-state index in [1.54, 1.807) is 42.5 Å². The average Bonchev–Trinajstić information content (AvgIpc) is 3.11. The zero-order valence-electron chi connectivity index (χ0n) is 15.6. The molecule has 0 amide bonds. The minimum absolute atomic E-state index is 0.0534. The van der Waals surface area contributed by atoms with Crippen molar-refractivity contribution < 1.29 is 17.5 Å². The highest BCUT2D eigenvalue weighted by molar-refractivity contribution is 7.90. The second-order valence-electron chi connectivity index (χ2n) is 6.46. The number of rotatable bonds is 4. The number of fused-ring (bicyclic) bond motifs is 1. The van der Waals surface area contributed by atoms with Gasteiger partial charge in [-0.3, -0.25) is 0 Å². The maximum atomic E-state index is 14.2. The van der Waals surface area contributed by atoms with Gasteiger partial charge < -0.3 is 4.74 Å². The molecule has 0 aliphatic carbocycles. The molecule has 4 aromatic rings. The maximum Gasteiger partial charge on any atom is 0.268 e. The van der Waals surface area contributed by atoms with Crippen LogP contribution in [0.2, 0.25) is 5.02 Å². The van der Waals surface area contributed by atoms with Crippen LogP contribution in [0.3, 0.4) is 0 Å². The molecule has 150 valence electrons. The average molecular weight is 441 g/mol. The third-order valence-electron chi connectivity index (χ3n) is 4.76. The van der Waals surface area contributed by atoms with Crippen LogP contribution in [0.4, 0.5) is 4.39 Å². The molecule has 0 fully saturated rings. The molecule has 0 saturated heterocycles. The summed E-state index contributed by atoms with van der Waals surface area (Å²) in [6.07, 6.45) is 1.33. The predicted octanol–water partition coefficient (Wildman–Crippen LogP) is 5.22. The standard InChI is InChI=1S/C22H14ClFN2O3S/c1-29-16-7-9-17(10-8-16)30(27,28)26-13-20(23)19-4-2-3-18(22(19)26)14-5-6-15(12-25)21(24)11-14/h2-11,13H,1H3. The molecule has 3 aromatic carbocycles. The number of methoxy groups -OCH3 is 1. The summed E-state index contributed by atoms with van der Waals surface area (Å²) in [6, 6.07) is 17.0. The summed E-state index contributed by atoms with van der Waals surface area (Å²) in [6.45, 7) is 0. The number of ether oxygens (including phenoxy) is 1. The summed E-state index contributed by atoms with van der Waals surface area (Å²) in [7, 11) is -2.50. The van der Waals surface area contributed by atoms with E-state index in [-0.39, 0.29) is 15.5 Å². The molecular formula is C22H14ClFN2O3S. The van der Waals surface area contributed by atoms with E-state index in [9.17, 15) is 12.8 Å². The van der Waals surface area contributed by atoms with Crippen molar-refractivity contribution >= 4 is 32.5 Å². The quantitative estimate of drug-likeness (QED) is 0.436. The van der Waals surface area contributed by atoms with Gasteiger partial charge in [0.05, 0.1) is 28.1 Å². The smallest absolute Gasteiger partial charge is 0.268 e. The molecule has 0 spiro atoms. The molecule has 8 heteroatoms. The van der Waals surface area contributed by atoms with Crippen LogP contribution in [-0.4, -0.2) is 19.5 Å². The predicted molar refractivity (Wildman–Crippen MR) is 113 cm³/mol. The van der Waals surface area contributed by atoms with E-state index >= 15 is 0 Å². The van der Waals surface area contributed by atoms with Crippen molar-refractivity contribution in [2.24, 2.45) is 0 Å². The van der Waals surface area contributed by atoms with Crippen LogP contribution >= 0.6 is 11.6 Å². The third kappa shape index (κ3) is 3.20. The van der Waals surface area contributed by atoms with Gasteiger partial charge in [-0.2, -0.15) is 5.26 Å². The Kier molecular flexibility index (Phi) is 4.98. The highest BCUT2D eigenvalue weighted by atomic mass is 35.5. The number of hydrogen-bond acceptors (Lipinski definition) is 4. The fourth-order valence-corrected chi connectivity index (χ4v) is 4.96. The van der Waals surface area contributed by atoms with Crippen molar-refractivity contribution in [3.63, 3.8) is 0 Å². The van der Waals surface area contributed by atoms with Gasteiger partial charge in [-0.05, 0) is 42.0 Å². The molecule has 0 saturated carbocycles. The summed E-state index contributed by atoms with van der Waals surface area (Å²) in [5.74, 6) is -0.160. The van der Waals surface area contributed by atoms with E-state index < -0.39 is 15.8 Å². The topological polar surface area (TPSA) is 72.1 Å². The Labute approximate surface area is 177 Å². The van der Waals surface area contributed by atoms with Crippen LogP contribution in [0.25, 0.3) is 22.0 Å². The first kappa shape index (κ1) is 20.0. The van der Waals surface area contributed by atoms with Crippen LogP contribution in [0.1, 0.15) is 5.56 Å². The van der Waals surface area contributed by atoms with E-state index in [1.165, 1.54) is 37.6 Å². The van der Waals surface area contributed by atoms with Crippen LogP contribution in [0.15, 0.2) is 71.8 Å². The number of nitriles is 1. The van der Waals surface area contributed by atoms with E-state index in [0.29, 0.717) is 27.8 Å². The first-order valence-corrected chi connectivity index (χ1v) is 10.6. The van der Waals surface area contributed by atoms with E-state index in [4.69, 9.17) is 21.6 Å². The zero-order valence-corrected chi connectivity index (χ0v) is 17.2. The van der Waals surface area contributed by atoms with Crippen LogP contribution < -0.4 is 4.74 Å². The van der Waals surface area contributed by atoms with Crippen molar-refractivity contribution in [3.8, 4) is 22.9 Å². The van der Waals surface area contributed by atoms with Gasteiger partial charge in [0, 0.05) is 17.1 Å². The Morgan fingerprint density at radius 2 is 1.83 bits per heavy atom. The normalized spacial score (nSPS) is 11.4. The molecule has 0 bridgehead atoms. The summed E-state index contributed by atoms with van der Waals surface area (Å²) in [5.41, 5.74) is 1.13. The van der Waals surface area contributed by atoms with Crippen LogP contribution in [0.5, 0.6) is 5.75 Å². The monoisotopic (exact) mass is 440 g/mol. The van der Waals surface area contributed by atoms with Crippen molar-refractivity contribution in [3.05, 3.63) is 83.3 Å². The maximum absolute atomic E-state index is 14.2. The van der Waals surface area contributed by atoms with Gasteiger partial charge in [0.2, 0.25) is 0 Å². The second-order valence-corrected chi connectivity index (χ2v) is 8.68. The van der Waals surface area contributed by atoms with Crippen LogP contribution in [0, 0.1) is 17.1 Å². The fourth-order valence-electron chi connectivity index (χ4n) is 3.27. The third-order valence-corrected chi connectivity index (χ3v) is 6.74. The molecule has 0 radical (unpaired) electrons. The molecule has 30 heavy (non-hydrogen) atoms. The number of para-hydroxylation sites is 1. The Bertz CT molecular complexity index is 1420. The lowest BCUT2D eigenvalue weighted by molar-refractivity contribution is 0.414. The molecule has 1 heterocycles. The molecule has 0 aliphatic heterocycles. The summed E-state index contributed by atoms with van der Waals surface area (Å²) >= 11 is 6.33.